The average molecular weight is 354 g/mol. The van der Waals surface area contributed by atoms with Gasteiger partial charge in [0.1, 0.15) is 0 Å². The van der Waals surface area contributed by atoms with Gasteiger partial charge in [0, 0.05) is 11.0 Å². The number of amides is 1. The first kappa shape index (κ1) is 14.5. The molecule has 1 atom stereocenters. The quantitative estimate of drug-likeness (QED) is 0.899. The van der Waals surface area contributed by atoms with Crippen molar-refractivity contribution in [2.75, 3.05) is 19.8 Å². The molecule has 0 spiro atoms. The summed E-state index contributed by atoms with van der Waals surface area (Å²) in [6.07, 6.45) is 1.55. The molecule has 112 valence electrons. The van der Waals surface area contributed by atoms with Crippen LogP contribution in [0.5, 0.6) is 0 Å². The Morgan fingerprint density at radius 1 is 1.29 bits per heavy atom. The van der Waals surface area contributed by atoms with E-state index < -0.39 is 17.4 Å². The van der Waals surface area contributed by atoms with Crippen molar-refractivity contribution >= 4 is 27.8 Å². The van der Waals surface area contributed by atoms with Crippen molar-refractivity contribution in [1.29, 1.82) is 0 Å². The maximum atomic E-state index is 12.9. The topological polar surface area (TPSA) is 66.8 Å². The van der Waals surface area contributed by atoms with Gasteiger partial charge < -0.3 is 14.7 Å². The minimum Gasteiger partial charge on any atom is -0.480 e. The average Bonchev–Trinajstić information content (AvgIpc) is 3.29. The van der Waals surface area contributed by atoms with E-state index in [0.717, 1.165) is 22.9 Å². The number of ether oxygens (including phenoxy) is 1. The standard InChI is InChI=1S/C15H16BrNO4/c16-11-3-1-10(2-4-11)15(5-6-15)14(20)17-7-8-21-9-12(17)13(18)19/h1-4,12H,5-9H2,(H,18,19). The number of carbonyl (C=O) groups excluding carboxylic acids is 1. The van der Waals surface area contributed by atoms with Crippen LogP contribution in [0, 0.1) is 0 Å². The predicted molar refractivity (Wildman–Crippen MR) is 79.0 cm³/mol. The van der Waals surface area contributed by atoms with Crippen LogP contribution < -0.4 is 0 Å². The number of carboxylic acid groups (broad SMARTS) is 1. The molecule has 1 aromatic rings. The Morgan fingerprint density at radius 2 is 1.95 bits per heavy atom. The zero-order valence-electron chi connectivity index (χ0n) is 11.4. The lowest BCUT2D eigenvalue weighted by Crippen LogP contribution is -2.55. The first-order valence-electron chi connectivity index (χ1n) is 6.92. The van der Waals surface area contributed by atoms with Gasteiger partial charge in [0.05, 0.1) is 18.6 Å². The number of rotatable bonds is 3. The molecule has 0 bridgehead atoms. The predicted octanol–water partition coefficient (Wildman–Crippen LogP) is 1.79. The van der Waals surface area contributed by atoms with Gasteiger partial charge in [-0.3, -0.25) is 4.79 Å². The molecule has 1 N–H and O–H groups in total. The molecule has 1 saturated heterocycles. The molecule has 6 heteroatoms. The van der Waals surface area contributed by atoms with Crippen LogP contribution in [0.25, 0.3) is 0 Å². The van der Waals surface area contributed by atoms with E-state index in [1.165, 1.54) is 4.90 Å². The molecule has 0 radical (unpaired) electrons. The monoisotopic (exact) mass is 353 g/mol. The van der Waals surface area contributed by atoms with Crippen molar-refractivity contribution in [3.8, 4) is 0 Å². The van der Waals surface area contributed by atoms with Crippen LogP contribution >= 0.6 is 15.9 Å². The second-order valence-corrected chi connectivity index (χ2v) is 6.43. The number of aliphatic carboxylic acids is 1. The third-order valence-corrected chi connectivity index (χ3v) is 4.76. The molecule has 1 unspecified atom stereocenters. The van der Waals surface area contributed by atoms with Gasteiger partial charge in [0.25, 0.3) is 0 Å². The molecular weight excluding hydrogens is 338 g/mol. The highest BCUT2D eigenvalue weighted by molar-refractivity contribution is 9.10. The van der Waals surface area contributed by atoms with Crippen LogP contribution in [-0.2, 0) is 19.7 Å². The van der Waals surface area contributed by atoms with Gasteiger partial charge in [0.15, 0.2) is 6.04 Å². The van der Waals surface area contributed by atoms with Crippen LogP contribution in [-0.4, -0.2) is 47.7 Å². The van der Waals surface area contributed by atoms with E-state index in [2.05, 4.69) is 15.9 Å². The Hall–Kier alpha value is -1.40. The molecule has 2 fully saturated rings. The number of hydrogen-bond donors (Lipinski definition) is 1. The summed E-state index contributed by atoms with van der Waals surface area (Å²) >= 11 is 3.39. The number of benzene rings is 1. The summed E-state index contributed by atoms with van der Waals surface area (Å²) in [6.45, 7) is 0.803. The molecule has 1 aromatic carbocycles. The fourth-order valence-electron chi connectivity index (χ4n) is 2.85. The van der Waals surface area contributed by atoms with Gasteiger partial charge in [-0.05, 0) is 30.5 Å². The Balaban J connectivity index is 1.86. The Morgan fingerprint density at radius 3 is 2.52 bits per heavy atom. The number of nitrogens with zero attached hydrogens (tertiary/aromatic N) is 1. The molecule has 0 aromatic heterocycles. The molecule has 21 heavy (non-hydrogen) atoms. The lowest BCUT2D eigenvalue weighted by molar-refractivity contribution is -0.159. The SMILES string of the molecule is O=C(O)C1COCCN1C(=O)C1(c2ccc(Br)cc2)CC1. The molecule has 1 aliphatic heterocycles. The van der Waals surface area contributed by atoms with Crippen LogP contribution in [0.3, 0.4) is 0 Å². The number of hydrogen-bond acceptors (Lipinski definition) is 3. The molecular formula is C15H16BrNO4. The summed E-state index contributed by atoms with van der Waals surface area (Å²) < 4.78 is 6.16. The van der Waals surface area contributed by atoms with Crippen molar-refractivity contribution in [2.24, 2.45) is 0 Å². The molecule has 3 rings (SSSR count). The largest absolute Gasteiger partial charge is 0.480 e. The zero-order valence-corrected chi connectivity index (χ0v) is 13.0. The van der Waals surface area contributed by atoms with Crippen LogP contribution in [0.1, 0.15) is 18.4 Å². The normalized spacial score (nSPS) is 23.7. The molecule has 1 saturated carbocycles. The number of morpholine rings is 1. The van der Waals surface area contributed by atoms with Gasteiger partial charge in [-0.1, -0.05) is 28.1 Å². The summed E-state index contributed by atoms with van der Waals surface area (Å²) in [5.41, 5.74) is 0.428. The highest BCUT2D eigenvalue weighted by Gasteiger charge is 2.54. The molecule has 1 heterocycles. The third-order valence-electron chi connectivity index (χ3n) is 4.23. The minimum absolute atomic E-state index is 0.0670. The van der Waals surface area contributed by atoms with E-state index in [-0.39, 0.29) is 12.5 Å². The molecule has 1 aliphatic carbocycles. The maximum Gasteiger partial charge on any atom is 0.328 e. The van der Waals surface area contributed by atoms with Crippen molar-refractivity contribution < 1.29 is 19.4 Å². The first-order valence-corrected chi connectivity index (χ1v) is 7.71. The van der Waals surface area contributed by atoms with Crippen molar-refractivity contribution in [3.05, 3.63) is 34.3 Å². The summed E-state index contributed by atoms with van der Waals surface area (Å²) in [6, 6.07) is 6.82. The molecule has 5 nitrogen and oxygen atoms in total. The zero-order chi connectivity index (χ0) is 15.0. The van der Waals surface area contributed by atoms with Gasteiger partial charge in [0.2, 0.25) is 5.91 Å². The smallest absolute Gasteiger partial charge is 0.328 e. The van der Waals surface area contributed by atoms with E-state index in [9.17, 15) is 14.7 Å². The van der Waals surface area contributed by atoms with Crippen molar-refractivity contribution in [3.63, 3.8) is 0 Å². The summed E-state index contributed by atoms with van der Waals surface area (Å²) in [4.78, 5) is 25.7. The summed E-state index contributed by atoms with van der Waals surface area (Å²) in [5.74, 6) is -1.09. The van der Waals surface area contributed by atoms with E-state index in [0.29, 0.717) is 13.2 Å². The van der Waals surface area contributed by atoms with Crippen molar-refractivity contribution in [2.45, 2.75) is 24.3 Å². The van der Waals surface area contributed by atoms with Crippen LogP contribution in [0.15, 0.2) is 28.7 Å². The van der Waals surface area contributed by atoms with Crippen molar-refractivity contribution in [1.82, 2.24) is 4.90 Å². The summed E-state index contributed by atoms with van der Waals surface area (Å²) in [5, 5.41) is 9.27. The van der Waals surface area contributed by atoms with Gasteiger partial charge in [-0.25, -0.2) is 4.79 Å². The number of carboxylic acids is 1. The van der Waals surface area contributed by atoms with E-state index in [4.69, 9.17) is 4.74 Å². The first-order chi connectivity index (χ1) is 10.0. The highest BCUT2D eigenvalue weighted by atomic mass is 79.9. The Kier molecular flexibility index (Phi) is 3.75. The second kappa shape index (κ2) is 5.42. The fraction of sp³-hybridized carbons (Fsp3) is 0.467. The van der Waals surface area contributed by atoms with Gasteiger partial charge in [-0.2, -0.15) is 0 Å². The Bertz CT molecular complexity index is 568. The summed E-state index contributed by atoms with van der Waals surface area (Å²) in [7, 11) is 0. The lowest BCUT2D eigenvalue weighted by atomic mass is 9.93. The highest BCUT2D eigenvalue weighted by Crippen LogP contribution is 2.50. The van der Waals surface area contributed by atoms with Gasteiger partial charge >= 0.3 is 5.97 Å². The lowest BCUT2D eigenvalue weighted by Gasteiger charge is -2.35. The Labute approximate surface area is 131 Å². The number of halogens is 1. The second-order valence-electron chi connectivity index (χ2n) is 5.52. The fourth-order valence-corrected chi connectivity index (χ4v) is 3.11. The third kappa shape index (κ3) is 2.58. The van der Waals surface area contributed by atoms with Crippen LogP contribution in [0.2, 0.25) is 0 Å². The minimum atomic E-state index is -1.00. The van der Waals surface area contributed by atoms with Gasteiger partial charge in [-0.15, -0.1) is 0 Å². The maximum absolute atomic E-state index is 12.9. The van der Waals surface area contributed by atoms with Crippen LogP contribution in [0.4, 0.5) is 0 Å². The van der Waals surface area contributed by atoms with E-state index in [1.54, 1.807) is 0 Å². The molecule has 1 amide bonds. The van der Waals surface area contributed by atoms with E-state index in [1.807, 2.05) is 24.3 Å². The molecule has 2 aliphatic rings. The number of carbonyl (C=O) groups is 2. The van der Waals surface area contributed by atoms with E-state index >= 15 is 0 Å².